The number of carbonyl (C=O) groups excluding carboxylic acids is 1. The van der Waals surface area contributed by atoms with E-state index in [1.165, 1.54) is 11.3 Å². The molecule has 2 aromatic carbocycles. The van der Waals surface area contributed by atoms with Crippen LogP contribution in [0.1, 0.15) is 36.6 Å². The fourth-order valence-corrected chi connectivity index (χ4v) is 4.96. The molecule has 5 nitrogen and oxygen atoms in total. The highest BCUT2D eigenvalue weighted by molar-refractivity contribution is 7.07. The van der Waals surface area contributed by atoms with Gasteiger partial charge in [0.1, 0.15) is 0 Å². The van der Waals surface area contributed by atoms with Gasteiger partial charge in [0.25, 0.3) is 5.56 Å². The molecule has 0 saturated heterocycles. The van der Waals surface area contributed by atoms with Crippen LogP contribution in [0.15, 0.2) is 63.5 Å². The molecular formula is C24H20Cl2N2O3S. The van der Waals surface area contributed by atoms with Gasteiger partial charge in [-0.1, -0.05) is 70.4 Å². The molecule has 0 saturated carbocycles. The predicted molar refractivity (Wildman–Crippen MR) is 128 cm³/mol. The second kappa shape index (κ2) is 9.06. The van der Waals surface area contributed by atoms with Crippen LogP contribution < -0.4 is 14.9 Å². The quantitative estimate of drug-likeness (QED) is 0.513. The first-order valence-corrected chi connectivity index (χ1v) is 11.6. The van der Waals surface area contributed by atoms with Crippen LogP contribution in [0.2, 0.25) is 10.0 Å². The number of rotatable bonds is 4. The zero-order chi connectivity index (χ0) is 23.0. The fraction of sp³-hybridized carbons (Fsp3) is 0.208. The Morgan fingerprint density at radius 1 is 1.16 bits per heavy atom. The number of carbonyl (C=O) groups is 1. The second-order valence-electron chi connectivity index (χ2n) is 7.39. The van der Waals surface area contributed by atoms with Crippen molar-refractivity contribution < 1.29 is 9.53 Å². The zero-order valence-electron chi connectivity index (χ0n) is 17.7. The lowest BCUT2D eigenvalue weighted by Crippen LogP contribution is -2.39. The molecule has 8 heteroatoms. The summed E-state index contributed by atoms with van der Waals surface area (Å²) in [6, 6.07) is 12.3. The van der Waals surface area contributed by atoms with E-state index in [0.717, 1.165) is 16.7 Å². The lowest BCUT2D eigenvalue weighted by atomic mass is 9.95. The molecule has 1 unspecified atom stereocenters. The average molecular weight is 487 g/mol. The van der Waals surface area contributed by atoms with E-state index in [2.05, 4.69) is 4.99 Å². The predicted octanol–water partition coefficient (Wildman–Crippen LogP) is 4.41. The van der Waals surface area contributed by atoms with Crippen LogP contribution in [-0.4, -0.2) is 17.1 Å². The number of aryl methyl sites for hydroxylation is 1. The summed E-state index contributed by atoms with van der Waals surface area (Å²) in [6.07, 6.45) is 1.75. The summed E-state index contributed by atoms with van der Waals surface area (Å²) in [5.74, 6) is -0.474. The van der Waals surface area contributed by atoms with Crippen LogP contribution in [0.5, 0.6) is 0 Å². The van der Waals surface area contributed by atoms with Crippen molar-refractivity contribution in [1.82, 2.24) is 4.57 Å². The van der Waals surface area contributed by atoms with Crippen molar-refractivity contribution in [1.29, 1.82) is 0 Å². The Labute approximate surface area is 198 Å². The number of benzene rings is 2. The topological polar surface area (TPSA) is 60.7 Å². The smallest absolute Gasteiger partial charge is 0.338 e. The van der Waals surface area contributed by atoms with Gasteiger partial charge in [-0.2, -0.15) is 0 Å². The monoisotopic (exact) mass is 486 g/mol. The molecule has 4 rings (SSSR count). The van der Waals surface area contributed by atoms with Gasteiger partial charge in [-0.3, -0.25) is 9.36 Å². The summed E-state index contributed by atoms with van der Waals surface area (Å²) in [4.78, 5) is 31.5. The molecular weight excluding hydrogens is 467 g/mol. The van der Waals surface area contributed by atoms with Crippen molar-refractivity contribution >= 4 is 46.6 Å². The fourth-order valence-electron chi connectivity index (χ4n) is 3.61. The molecule has 0 spiro atoms. The van der Waals surface area contributed by atoms with Crippen molar-refractivity contribution in [2.24, 2.45) is 4.99 Å². The minimum Gasteiger partial charge on any atom is -0.463 e. The molecule has 0 aliphatic carbocycles. The molecule has 2 heterocycles. The van der Waals surface area contributed by atoms with Gasteiger partial charge >= 0.3 is 5.97 Å². The number of hydrogen-bond donors (Lipinski definition) is 0. The molecule has 32 heavy (non-hydrogen) atoms. The summed E-state index contributed by atoms with van der Waals surface area (Å²) in [5, 5.41) is 0.852. The number of allylic oxidation sites excluding steroid dienone is 1. The van der Waals surface area contributed by atoms with Gasteiger partial charge in [-0.15, -0.1) is 0 Å². The number of aromatic nitrogens is 1. The number of thiazole rings is 1. The Morgan fingerprint density at radius 2 is 1.88 bits per heavy atom. The third-order valence-electron chi connectivity index (χ3n) is 5.15. The average Bonchev–Trinajstić information content (AvgIpc) is 3.05. The number of fused-ring (bicyclic) bond motifs is 1. The van der Waals surface area contributed by atoms with Crippen LogP contribution in [0, 0.1) is 6.92 Å². The summed E-state index contributed by atoms with van der Waals surface area (Å²) >= 11 is 13.4. The van der Waals surface area contributed by atoms with Gasteiger partial charge in [-0.25, -0.2) is 9.79 Å². The highest BCUT2D eigenvalue weighted by atomic mass is 35.5. The SMILES string of the molecule is CCOC(=O)C1=C(C)N=c2sc(=Cc3ccc(Cl)c(Cl)c3)c(=O)n2C1c1ccc(C)cc1. The lowest BCUT2D eigenvalue weighted by Gasteiger charge is -2.24. The van der Waals surface area contributed by atoms with Crippen molar-refractivity contribution in [3.8, 4) is 0 Å². The summed E-state index contributed by atoms with van der Waals surface area (Å²) in [5.41, 5.74) is 3.31. The molecule has 0 fully saturated rings. The number of ether oxygens (including phenoxy) is 1. The van der Waals surface area contributed by atoms with E-state index in [1.807, 2.05) is 31.2 Å². The van der Waals surface area contributed by atoms with E-state index in [-0.39, 0.29) is 12.2 Å². The molecule has 0 amide bonds. The van der Waals surface area contributed by atoms with E-state index in [4.69, 9.17) is 27.9 Å². The molecule has 1 atom stereocenters. The van der Waals surface area contributed by atoms with Gasteiger partial charge in [0.2, 0.25) is 0 Å². The summed E-state index contributed by atoms with van der Waals surface area (Å²) in [7, 11) is 0. The molecule has 1 aromatic heterocycles. The van der Waals surface area contributed by atoms with Gasteiger partial charge < -0.3 is 4.74 Å². The van der Waals surface area contributed by atoms with Crippen molar-refractivity contribution in [3.63, 3.8) is 0 Å². The van der Waals surface area contributed by atoms with Gasteiger partial charge in [0.15, 0.2) is 4.80 Å². The first-order chi connectivity index (χ1) is 15.3. The van der Waals surface area contributed by atoms with Crippen molar-refractivity contribution in [2.45, 2.75) is 26.8 Å². The maximum absolute atomic E-state index is 13.5. The first kappa shape index (κ1) is 22.5. The molecule has 3 aromatic rings. The summed E-state index contributed by atoms with van der Waals surface area (Å²) < 4.78 is 7.36. The summed E-state index contributed by atoms with van der Waals surface area (Å²) in [6.45, 7) is 5.74. The van der Waals surface area contributed by atoms with Crippen LogP contribution in [0.25, 0.3) is 6.08 Å². The van der Waals surface area contributed by atoms with Gasteiger partial charge in [0.05, 0.1) is 38.5 Å². The van der Waals surface area contributed by atoms with E-state index < -0.39 is 12.0 Å². The first-order valence-electron chi connectivity index (χ1n) is 10.0. The van der Waals surface area contributed by atoms with Crippen molar-refractivity contribution in [2.75, 3.05) is 6.61 Å². The molecule has 1 aliphatic heterocycles. The molecule has 1 aliphatic rings. The van der Waals surface area contributed by atoms with Crippen LogP contribution in [0.4, 0.5) is 0 Å². The normalized spacial score (nSPS) is 16.0. The maximum Gasteiger partial charge on any atom is 0.338 e. The minimum atomic E-state index is -0.623. The van der Waals surface area contributed by atoms with E-state index in [1.54, 1.807) is 42.7 Å². The van der Waals surface area contributed by atoms with E-state index >= 15 is 0 Å². The Kier molecular flexibility index (Phi) is 6.38. The van der Waals surface area contributed by atoms with E-state index in [9.17, 15) is 9.59 Å². The molecule has 164 valence electrons. The minimum absolute atomic E-state index is 0.234. The Morgan fingerprint density at radius 3 is 2.53 bits per heavy atom. The molecule has 0 bridgehead atoms. The zero-order valence-corrected chi connectivity index (χ0v) is 20.0. The van der Waals surface area contributed by atoms with Gasteiger partial charge in [0, 0.05) is 0 Å². The highest BCUT2D eigenvalue weighted by Crippen LogP contribution is 2.31. The highest BCUT2D eigenvalue weighted by Gasteiger charge is 2.33. The van der Waals surface area contributed by atoms with E-state index in [0.29, 0.717) is 30.6 Å². The van der Waals surface area contributed by atoms with Crippen LogP contribution in [0.3, 0.4) is 0 Å². The van der Waals surface area contributed by atoms with Crippen LogP contribution >= 0.6 is 34.5 Å². The lowest BCUT2D eigenvalue weighted by molar-refractivity contribution is -0.139. The van der Waals surface area contributed by atoms with Crippen molar-refractivity contribution in [3.05, 3.63) is 100 Å². The molecule has 0 radical (unpaired) electrons. The number of esters is 1. The Balaban J connectivity index is 1.95. The number of nitrogens with zero attached hydrogens (tertiary/aromatic N) is 2. The second-order valence-corrected chi connectivity index (χ2v) is 9.21. The third kappa shape index (κ3) is 4.18. The third-order valence-corrected chi connectivity index (χ3v) is 6.87. The largest absolute Gasteiger partial charge is 0.463 e. The Bertz CT molecular complexity index is 1420. The molecule has 0 N–H and O–H groups in total. The Hall–Kier alpha value is -2.67. The number of halogens is 2. The standard InChI is InChI=1S/C24H20Cl2N2O3S/c1-4-31-23(30)20-14(3)27-24-28(21(20)16-8-5-13(2)6-9-16)22(29)19(32-24)12-15-7-10-17(25)18(26)11-15/h5-12,21H,4H2,1-3H3. The number of hydrogen-bond acceptors (Lipinski definition) is 5. The van der Waals surface area contributed by atoms with Gasteiger partial charge in [-0.05, 0) is 50.1 Å². The van der Waals surface area contributed by atoms with Crippen LogP contribution in [-0.2, 0) is 9.53 Å². The maximum atomic E-state index is 13.5.